The summed E-state index contributed by atoms with van der Waals surface area (Å²) in [4.78, 5) is 28.4. The van der Waals surface area contributed by atoms with E-state index < -0.39 is 48.8 Å². The predicted molar refractivity (Wildman–Crippen MR) is 113 cm³/mol. The van der Waals surface area contributed by atoms with Gasteiger partial charge >= 0.3 is 0 Å². The number of aliphatic hydroxyl groups is 3. The number of ether oxygens (including phenoxy) is 1. The number of carbonyl (C=O) groups is 2. The SMILES string of the molecule is CC(=O)N[C@H]1[C@H]([C@H](O)[C@H](O)CO)OC(C(=O)NCc2ccccc2Cl)=C[C@@H]1N=C(N)N. The number of halogens is 1. The van der Waals surface area contributed by atoms with Crippen LogP contribution in [-0.4, -0.2) is 70.1 Å². The molecule has 0 saturated carbocycles. The van der Waals surface area contributed by atoms with Crippen LogP contribution in [0.4, 0.5) is 0 Å². The number of nitrogens with zero attached hydrogens (tertiary/aromatic N) is 1. The second-order valence-electron chi connectivity index (χ2n) is 6.90. The number of guanidine groups is 1. The van der Waals surface area contributed by atoms with Gasteiger partial charge in [0.2, 0.25) is 5.91 Å². The van der Waals surface area contributed by atoms with Gasteiger partial charge in [-0.3, -0.25) is 9.59 Å². The third-order valence-electron chi connectivity index (χ3n) is 4.51. The third kappa shape index (κ3) is 6.56. The first kappa shape index (κ1) is 24.4. The summed E-state index contributed by atoms with van der Waals surface area (Å²) in [6.45, 7) is 0.542. The molecule has 0 unspecified atom stereocenters. The second kappa shape index (κ2) is 11.0. The first-order valence-corrected chi connectivity index (χ1v) is 9.74. The highest BCUT2D eigenvalue weighted by molar-refractivity contribution is 6.31. The maximum atomic E-state index is 12.7. The maximum Gasteiger partial charge on any atom is 0.286 e. The van der Waals surface area contributed by atoms with Crippen molar-refractivity contribution in [2.24, 2.45) is 16.5 Å². The minimum absolute atomic E-state index is 0.0911. The molecule has 31 heavy (non-hydrogen) atoms. The number of carbonyl (C=O) groups excluding carboxylic acids is 2. The van der Waals surface area contributed by atoms with Gasteiger partial charge in [0.05, 0.1) is 18.7 Å². The fourth-order valence-electron chi connectivity index (χ4n) is 3.05. The molecular weight excluding hydrogens is 430 g/mol. The summed E-state index contributed by atoms with van der Waals surface area (Å²) in [6.07, 6.45) is -3.33. The molecule has 0 radical (unpaired) electrons. The fourth-order valence-corrected chi connectivity index (χ4v) is 3.25. The van der Waals surface area contributed by atoms with Gasteiger partial charge in [0.1, 0.15) is 18.3 Å². The summed E-state index contributed by atoms with van der Waals surface area (Å²) < 4.78 is 5.61. The fraction of sp³-hybridized carbons (Fsp3) is 0.421. The molecule has 0 saturated heterocycles. The zero-order valence-electron chi connectivity index (χ0n) is 16.7. The largest absolute Gasteiger partial charge is 0.480 e. The number of aliphatic hydroxyl groups excluding tert-OH is 3. The quantitative estimate of drug-likeness (QED) is 0.174. The molecule has 170 valence electrons. The highest BCUT2D eigenvalue weighted by Crippen LogP contribution is 2.25. The number of nitrogens with one attached hydrogen (secondary N) is 2. The Hall–Kier alpha value is -2.86. The Morgan fingerprint density at radius 2 is 1.97 bits per heavy atom. The van der Waals surface area contributed by atoms with Crippen molar-refractivity contribution >= 4 is 29.4 Å². The second-order valence-corrected chi connectivity index (χ2v) is 7.31. The molecule has 2 rings (SSSR count). The van der Waals surface area contributed by atoms with Crippen molar-refractivity contribution < 1.29 is 29.6 Å². The Labute approximate surface area is 183 Å². The van der Waals surface area contributed by atoms with Crippen LogP contribution in [-0.2, 0) is 20.9 Å². The molecule has 0 aliphatic carbocycles. The van der Waals surface area contributed by atoms with Crippen molar-refractivity contribution in [2.45, 2.75) is 43.9 Å². The van der Waals surface area contributed by atoms with E-state index in [1.807, 2.05) is 0 Å². The zero-order valence-corrected chi connectivity index (χ0v) is 17.5. The lowest BCUT2D eigenvalue weighted by Gasteiger charge is -2.39. The number of nitrogens with two attached hydrogens (primary N) is 2. The molecule has 1 heterocycles. The van der Waals surface area contributed by atoms with Crippen molar-refractivity contribution in [2.75, 3.05) is 6.61 Å². The van der Waals surface area contributed by atoms with Gasteiger partial charge in [-0.15, -0.1) is 0 Å². The number of aliphatic imine (C=N–C) groups is 1. The molecule has 2 amide bonds. The topological polar surface area (TPSA) is 193 Å². The van der Waals surface area contributed by atoms with Crippen molar-refractivity contribution in [1.82, 2.24) is 10.6 Å². The molecule has 0 spiro atoms. The molecular formula is C19H26ClN5O6. The molecule has 12 heteroatoms. The zero-order chi connectivity index (χ0) is 23.1. The Bertz CT molecular complexity index is 860. The summed E-state index contributed by atoms with van der Waals surface area (Å²) in [5.41, 5.74) is 11.6. The number of benzene rings is 1. The standard InChI is InChI=1S/C19H26ClN5O6/c1-9(27)24-15-12(25-19(21)22)6-14(31-17(15)16(29)13(28)8-26)18(30)23-7-10-4-2-3-5-11(10)20/h2-6,12-13,15-17,26,28-29H,7-8H2,1H3,(H,23,30)(H,24,27)(H4,21,22,25)/t12-,13+,15+,16+,17+/m0/s1. The van der Waals surface area contributed by atoms with E-state index >= 15 is 0 Å². The smallest absolute Gasteiger partial charge is 0.286 e. The summed E-state index contributed by atoms with van der Waals surface area (Å²) in [5, 5.41) is 35.2. The van der Waals surface area contributed by atoms with Gasteiger partial charge in [-0.25, -0.2) is 4.99 Å². The van der Waals surface area contributed by atoms with E-state index in [9.17, 15) is 24.9 Å². The lowest BCUT2D eigenvalue weighted by atomic mass is 9.92. The normalized spacial score (nSPS) is 22.4. The van der Waals surface area contributed by atoms with E-state index in [0.29, 0.717) is 10.6 Å². The first-order valence-electron chi connectivity index (χ1n) is 9.37. The van der Waals surface area contributed by atoms with E-state index in [-0.39, 0.29) is 18.3 Å². The van der Waals surface area contributed by atoms with Gasteiger partial charge in [0, 0.05) is 18.5 Å². The highest BCUT2D eigenvalue weighted by Gasteiger charge is 2.43. The highest BCUT2D eigenvalue weighted by atomic mass is 35.5. The van der Waals surface area contributed by atoms with Gasteiger partial charge < -0.3 is 42.2 Å². The lowest BCUT2D eigenvalue weighted by molar-refractivity contribution is -0.134. The van der Waals surface area contributed by atoms with Crippen molar-refractivity contribution in [3.63, 3.8) is 0 Å². The Kier molecular flexibility index (Phi) is 8.63. The Morgan fingerprint density at radius 1 is 1.29 bits per heavy atom. The summed E-state index contributed by atoms with van der Waals surface area (Å²) in [7, 11) is 0. The predicted octanol–water partition coefficient (Wildman–Crippen LogP) is -1.90. The third-order valence-corrected chi connectivity index (χ3v) is 4.88. The summed E-state index contributed by atoms with van der Waals surface area (Å²) >= 11 is 6.09. The Balaban J connectivity index is 2.33. The van der Waals surface area contributed by atoms with E-state index in [1.54, 1.807) is 24.3 Å². The van der Waals surface area contributed by atoms with Gasteiger partial charge in [-0.2, -0.15) is 0 Å². The molecule has 0 bridgehead atoms. The van der Waals surface area contributed by atoms with E-state index in [4.69, 9.17) is 27.8 Å². The molecule has 0 aromatic heterocycles. The van der Waals surface area contributed by atoms with E-state index in [0.717, 1.165) is 0 Å². The molecule has 11 nitrogen and oxygen atoms in total. The van der Waals surface area contributed by atoms with Crippen LogP contribution in [0.3, 0.4) is 0 Å². The number of hydrogen-bond donors (Lipinski definition) is 7. The van der Waals surface area contributed by atoms with Crippen LogP contribution in [0.15, 0.2) is 41.1 Å². The van der Waals surface area contributed by atoms with Gasteiger partial charge in [0.15, 0.2) is 11.7 Å². The summed E-state index contributed by atoms with van der Waals surface area (Å²) in [5.74, 6) is -1.71. The lowest BCUT2D eigenvalue weighted by Crippen LogP contribution is -2.60. The van der Waals surface area contributed by atoms with Crippen LogP contribution < -0.4 is 22.1 Å². The number of hydrogen-bond acceptors (Lipinski definition) is 7. The summed E-state index contributed by atoms with van der Waals surface area (Å²) in [6, 6.07) is 4.90. The molecule has 1 aliphatic heterocycles. The van der Waals surface area contributed by atoms with Crippen LogP contribution >= 0.6 is 11.6 Å². The molecule has 1 aliphatic rings. The minimum Gasteiger partial charge on any atom is -0.480 e. The van der Waals surface area contributed by atoms with E-state index in [2.05, 4.69) is 15.6 Å². The average molecular weight is 456 g/mol. The molecule has 9 N–H and O–H groups in total. The van der Waals surface area contributed by atoms with Gasteiger partial charge in [0.25, 0.3) is 5.91 Å². The molecule has 0 fully saturated rings. The molecule has 1 aromatic carbocycles. The van der Waals surface area contributed by atoms with Crippen molar-refractivity contribution in [1.29, 1.82) is 0 Å². The monoisotopic (exact) mass is 455 g/mol. The van der Waals surface area contributed by atoms with Crippen LogP contribution in [0.1, 0.15) is 12.5 Å². The van der Waals surface area contributed by atoms with Crippen LogP contribution in [0.5, 0.6) is 0 Å². The number of rotatable bonds is 8. The Morgan fingerprint density at radius 3 is 2.55 bits per heavy atom. The van der Waals surface area contributed by atoms with Crippen LogP contribution in [0.2, 0.25) is 5.02 Å². The number of amides is 2. The van der Waals surface area contributed by atoms with Gasteiger partial charge in [-0.05, 0) is 17.7 Å². The van der Waals surface area contributed by atoms with E-state index in [1.165, 1.54) is 13.0 Å². The average Bonchev–Trinajstić information content (AvgIpc) is 2.72. The first-order chi connectivity index (χ1) is 14.6. The maximum absolute atomic E-state index is 12.7. The van der Waals surface area contributed by atoms with Crippen molar-refractivity contribution in [3.05, 3.63) is 46.7 Å². The molecule has 1 aromatic rings. The van der Waals surface area contributed by atoms with Crippen LogP contribution in [0.25, 0.3) is 0 Å². The van der Waals surface area contributed by atoms with Crippen LogP contribution in [0, 0.1) is 0 Å². The van der Waals surface area contributed by atoms with Gasteiger partial charge in [-0.1, -0.05) is 29.8 Å². The van der Waals surface area contributed by atoms with Crippen molar-refractivity contribution in [3.8, 4) is 0 Å². The molecule has 5 atom stereocenters. The minimum atomic E-state index is -1.67.